The number of nitrogens with zero attached hydrogens (tertiary/aromatic N) is 2. The van der Waals surface area contributed by atoms with Gasteiger partial charge in [-0.15, -0.1) is 0 Å². The Morgan fingerprint density at radius 2 is 1.84 bits per heavy atom. The molecule has 2 heterocycles. The quantitative estimate of drug-likeness (QED) is 0.675. The van der Waals surface area contributed by atoms with E-state index in [2.05, 4.69) is 9.97 Å². The summed E-state index contributed by atoms with van der Waals surface area (Å²) in [4.78, 5) is 6.85. The van der Waals surface area contributed by atoms with Gasteiger partial charge in [0, 0.05) is 24.4 Å². The van der Waals surface area contributed by atoms with Gasteiger partial charge in [-0.05, 0) is 17.7 Å². The highest BCUT2D eigenvalue weighted by molar-refractivity contribution is 5.62. The molecule has 7 heteroatoms. The zero-order chi connectivity index (χ0) is 14.0. The summed E-state index contributed by atoms with van der Waals surface area (Å²) in [5.74, 6) is -0.738. The maximum Gasteiger partial charge on any atom is 0.433 e. The molecule has 0 bridgehead atoms. The van der Waals surface area contributed by atoms with E-state index < -0.39 is 17.8 Å². The summed E-state index contributed by atoms with van der Waals surface area (Å²) in [7, 11) is 0. The van der Waals surface area contributed by atoms with Crippen LogP contribution in [0.15, 0.2) is 30.5 Å². The third-order valence-electron chi connectivity index (χ3n) is 2.44. The number of hydrogen-bond acceptors (Lipinski definition) is 3. The fraction of sp³-hybridized carbons (Fsp3) is 0.167. The maximum atomic E-state index is 13.2. The Hall–Kier alpha value is -2.02. The number of aromatic nitrogens is 2. The van der Waals surface area contributed by atoms with Crippen LogP contribution in [0.2, 0.25) is 0 Å². The first-order chi connectivity index (χ1) is 8.90. The van der Waals surface area contributed by atoms with Crippen molar-refractivity contribution >= 4 is 0 Å². The average molecular weight is 271 g/mol. The van der Waals surface area contributed by atoms with Crippen LogP contribution in [0.1, 0.15) is 11.4 Å². The fourth-order valence-corrected chi connectivity index (χ4v) is 1.55. The van der Waals surface area contributed by atoms with Crippen LogP contribution in [-0.2, 0) is 12.7 Å². The smallest absolute Gasteiger partial charge is 0.325 e. The van der Waals surface area contributed by atoms with E-state index in [0.29, 0.717) is 16.8 Å². The Bertz CT molecular complexity index is 579. The largest absolute Gasteiger partial charge is 0.433 e. The number of halogens is 4. The highest BCUT2D eigenvalue weighted by Crippen LogP contribution is 2.29. The Balaban J connectivity index is 2.40. The highest BCUT2D eigenvalue weighted by Gasteiger charge is 2.32. The van der Waals surface area contributed by atoms with Crippen molar-refractivity contribution < 1.29 is 17.6 Å². The van der Waals surface area contributed by atoms with E-state index in [-0.39, 0.29) is 6.54 Å². The summed E-state index contributed by atoms with van der Waals surface area (Å²) < 4.78 is 50.3. The molecule has 3 nitrogen and oxygen atoms in total. The Labute approximate surface area is 106 Å². The van der Waals surface area contributed by atoms with Gasteiger partial charge in [0.1, 0.15) is 5.69 Å². The summed E-state index contributed by atoms with van der Waals surface area (Å²) in [6.07, 6.45) is -3.46. The van der Waals surface area contributed by atoms with Gasteiger partial charge in [-0.2, -0.15) is 17.6 Å². The van der Waals surface area contributed by atoms with Crippen molar-refractivity contribution in [3.8, 4) is 11.1 Å². The van der Waals surface area contributed by atoms with E-state index in [9.17, 15) is 17.6 Å². The lowest BCUT2D eigenvalue weighted by molar-refractivity contribution is -0.141. The number of pyridine rings is 2. The zero-order valence-electron chi connectivity index (χ0n) is 9.58. The number of alkyl halides is 3. The molecule has 0 aromatic carbocycles. The SMILES string of the molecule is NCc1cc(-c2ccc(C(F)(F)F)nc2)cc(F)n1. The molecule has 0 radical (unpaired) electrons. The van der Waals surface area contributed by atoms with E-state index in [1.165, 1.54) is 12.1 Å². The zero-order valence-corrected chi connectivity index (χ0v) is 9.58. The average Bonchev–Trinajstić information content (AvgIpc) is 2.37. The van der Waals surface area contributed by atoms with Crippen LogP contribution in [0.3, 0.4) is 0 Å². The van der Waals surface area contributed by atoms with E-state index in [0.717, 1.165) is 18.3 Å². The summed E-state index contributed by atoms with van der Waals surface area (Å²) in [5.41, 5.74) is 5.42. The van der Waals surface area contributed by atoms with E-state index in [1.807, 2.05) is 0 Å². The van der Waals surface area contributed by atoms with Gasteiger partial charge in [-0.3, -0.25) is 4.98 Å². The second kappa shape index (κ2) is 4.93. The van der Waals surface area contributed by atoms with Gasteiger partial charge in [0.25, 0.3) is 0 Å². The van der Waals surface area contributed by atoms with Crippen LogP contribution in [0.5, 0.6) is 0 Å². The first-order valence-electron chi connectivity index (χ1n) is 5.30. The van der Waals surface area contributed by atoms with Crippen molar-refractivity contribution in [3.05, 3.63) is 47.8 Å². The predicted molar refractivity (Wildman–Crippen MR) is 60.3 cm³/mol. The minimum Gasteiger partial charge on any atom is -0.325 e. The molecular weight excluding hydrogens is 262 g/mol. The Kier molecular flexibility index (Phi) is 3.48. The molecule has 0 fully saturated rings. The topological polar surface area (TPSA) is 51.8 Å². The Morgan fingerprint density at radius 1 is 1.11 bits per heavy atom. The molecule has 0 aliphatic rings. The Morgan fingerprint density at radius 3 is 2.37 bits per heavy atom. The summed E-state index contributed by atoms with van der Waals surface area (Å²) in [6, 6.07) is 4.69. The van der Waals surface area contributed by atoms with Crippen molar-refractivity contribution in [1.29, 1.82) is 0 Å². The van der Waals surface area contributed by atoms with Gasteiger partial charge in [0.2, 0.25) is 5.95 Å². The van der Waals surface area contributed by atoms with E-state index >= 15 is 0 Å². The van der Waals surface area contributed by atoms with Gasteiger partial charge in [-0.25, -0.2) is 4.98 Å². The second-order valence-corrected chi connectivity index (χ2v) is 3.80. The molecule has 0 saturated heterocycles. The molecule has 0 aliphatic carbocycles. The minimum atomic E-state index is -4.50. The standard InChI is InChI=1S/C12H9F4N3/c13-11-4-8(3-9(5-17)19-11)7-1-2-10(18-6-7)12(14,15)16/h1-4,6H,5,17H2. The molecule has 0 aliphatic heterocycles. The van der Waals surface area contributed by atoms with Crippen LogP contribution in [0, 0.1) is 5.95 Å². The minimum absolute atomic E-state index is 0.0405. The van der Waals surface area contributed by atoms with Crippen molar-refractivity contribution in [2.75, 3.05) is 0 Å². The molecule has 0 saturated carbocycles. The normalized spacial score (nSPS) is 11.6. The molecule has 19 heavy (non-hydrogen) atoms. The molecule has 0 spiro atoms. The van der Waals surface area contributed by atoms with Gasteiger partial charge >= 0.3 is 6.18 Å². The molecule has 0 amide bonds. The molecule has 100 valence electrons. The van der Waals surface area contributed by atoms with Crippen LogP contribution in [-0.4, -0.2) is 9.97 Å². The first kappa shape index (κ1) is 13.4. The van der Waals surface area contributed by atoms with Crippen molar-refractivity contribution in [2.24, 2.45) is 5.73 Å². The van der Waals surface area contributed by atoms with Gasteiger partial charge < -0.3 is 5.73 Å². The predicted octanol–water partition coefficient (Wildman–Crippen LogP) is 2.76. The van der Waals surface area contributed by atoms with Crippen molar-refractivity contribution in [2.45, 2.75) is 12.7 Å². The van der Waals surface area contributed by atoms with Crippen LogP contribution >= 0.6 is 0 Å². The molecule has 2 N–H and O–H groups in total. The van der Waals surface area contributed by atoms with E-state index in [1.54, 1.807) is 0 Å². The van der Waals surface area contributed by atoms with Crippen molar-refractivity contribution in [3.63, 3.8) is 0 Å². The molecule has 0 unspecified atom stereocenters. The highest BCUT2D eigenvalue weighted by atomic mass is 19.4. The molecule has 2 rings (SSSR count). The molecule has 2 aromatic rings. The van der Waals surface area contributed by atoms with Crippen LogP contribution in [0.25, 0.3) is 11.1 Å². The number of hydrogen-bond donors (Lipinski definition) is 1. The van der Waals surface area contributed by atoms with Gasteiger partial charge in [0.05, 0.1) is 5.69 Å². The summed E-state index contributed by atoms with van der Waals surface area (Å²) in [5, 5.41) is 0. The lowest BCUT2D eigenvalue weighted by Crippen LogP contribution is -2.07. The molecular formula is C12H9F4N3. The second-order valence-electron chi connectivity index (χ2n) is 3.80. The van der Waals surface area contributed by atoms with Crippen LogP contribution in [0.4, 0.5) is 17.6 Å². The number of rotatable bonds is 2. The third-order valence-corrected chi connectivity index (χ3v) is 2.44. The van der Waals surface area contributed by atoms with Gasteiger partial charge in [0.15, 0.2) is 0 Å². The molecule has 0 atom stereocenters. The third kappa shape index (κ3) is 3.05. The lowest BCUT2D eigenvalue weighted by Gasteiger charge is -2.07. The fourth-order valence-electron chi connectivity index (χ4n) is 1.55. The van der Waals surface area contributed by atoms with Crippen LogP contribution < -0.4 is 5.73 Å². The maximum absolute atomic E-state index is 13.2. The van der Waals surface area contributed by atoms with E-state index in [4.69, 9.17) is 5.73 Å². The first-order valence-corrected chi connectivity index (χ1v) is 5.30. The number of nitrogens with two attached hydrogens (primary N) is 1. The van der Waals surface area contributed by atoms with Gasteiger partial charge in [-0.1, -0.05) is 6.07 Å². The monoisotopic (exact) mass is 271 g/mol. The summed E-state index contributed by atoms with van der Waals surface area (Å²) in [6.45, 7) is 0.0405. The lowest BCUT2D eigenvalue weighted by atomic mass is 10.1. The molecule has 2 aromatic heterocycles. The summed E-state index contributed by atoms with van der Waals surface area (Å²) >= 11 is 0. The van der Waals surface area contributed by atoms with Crippen molar-refractivity contribution in [1.82, 2.24) is 9.97 Å².